The molecular formula is C23H29F2NO2. The van der Waals surface area contributed by atoms with Crippen molar-refractivity contribution >= 4 is 6.29 Å². The van der Waals surface area contributed by atoms with Crippen molar-refractivity contribution in [2.24, 2.45) is 5.92 Å². The van der Waals surface area contributed by atoms with E-state index >= 15 is 0 Å². The van der Waals surface area contributed by atoms with Crippen LogP contribution in [0, 0.1) is 12.8 Å². The lowest BCUT2D eigenvalue weighted by Gasteiger charge is -2.19. The predicted molar refractivity (Wildman–Crippen MR) is 107 cm³/mol. The molecule has 2 aromatic rings. The molecule has 0 spiro atoms. The second kappa shape index (κ2) is 9.76. The molecule has 3 rings (SSSR count). The Hall–Kier alpha value is -2.30. The highest BCUT2D eigenvalue weighted by Crippen LogP contribution is 2.37. The molecule has 1 aromatic carbocycles. The van der Waals surface area contributed by atoms with E-state index in [9.17, 15) is 13.6 Å². The van der Waals surface area contributed by atoms with Crippen molar-refractivity contribution < 1.29 is 18.3 Å². The smallest absolute Gasteiger partial charge is 0.270 e. The van der Waals surface area contributed by atoms with Crippen LogP contribution in [0.25, 0.3) is 0 Å². The van der Waals surface area contributed by atoms with Crippen LogP contribution in [-0.2, 0) is 5.92 Å². The Bertz CT molecular complexity index is 780. The number of alkyl halides is 2. The van der Waals surface area contributed by atoms with Crippen LogP contribution in [0.5, 0.6) is 5.75 Å². The lowest BCUT2D eigenvalue weighted by molar-refractivity contribution is 0.0167. The zero-order valence-electron chi connectivity index (χ0n) is 17.0. The summed E-state index contributed by atoms with van der Waals surface area (Å²) in [5, 5.41) is 0. The molecule has 1 aliphatic rings. The van der Waals surface area contributed by atoms with E-state index < -0.39 is 5.92 Å². The fraction of sp³-hybridized carbons (Fsp3) is 0.478. The van der Waals surface area contributed by atoms with Crippen molar-refractivity contribution in [3.8, 4) is 5.75 Å². The number of aldehydes is 1. The second-order valence-electron chi connectivity index (χ2n) is 7.48. The lowest BCUT2D eigenvalue weighted by Crippen LogP contribution is -2.11. The molecule has 1 heterocycles. The quantitative estimate of drug-likeness (QED) is 0.563. The Labute approximate surface area is 166 Å². The number of carbonyl (C=O) groups is 1. The summed E-state index contributed by atoms with van der Waals surface area (Å²) in [5.74, 6) is -0.373. The van der Waals surface area contributed by atoms with Crippen LogP contribution < -0.4 is 4.74 Å². The van der Waals surface area contributed by atoms with Gasteiger partial charge in [-0.05, 0) is 60.9 Å². The number of rotatable bonds is 5. The number of halogens is 2. The number of aromatic nitrogens is 1. The fourth-order valence-corrected chi connectivity index (χ4v) is 3.80. The Morgan fingerprint density at radius 2 is 1.93 bits per heavy atom. The van der Waals surface area contributed by atoms with E-state index in [-0.39, 0.29) is 16.8 Å². The summed E-state index contributed by atoms with van der Waals surface area (Å²) in [6, 6.07) is 9.75. The molecule has 0 radical (unpaired) electrons. The molecule has 0 N–H and O–H groups in total. The maximum Gasteiger partial charge on any atom is 0.270 e. The van der Waals surface area contributed by atoms with Crippen molar-refractivity contribution in [2.45, 2.75) is 58.3 Å². The molecule has 0 bridgehead atoms. The summed E-state index contributed by atoms with van der Waals surface area (Å²) < 4.78 is 31.0. The average Bonchev–Trinajstić information content (AvgIpc) is 3.22. The van der Waals surface area contributed by atoms with E-state index in [1.807, 2.05) is 6.07 Å². The first-order valence-corrected chi connectivity index (χ1v) is 9.71. The number of carbonyl (C=O) groups excluding carboxylic acids is 1. The molecule has 0 aliphatic heterocycles. The minimum Gasteiger partial charge on any atom is -0.497 e. The molecule has 1 atom stereocenters. The molecule has 28 heavy (non-hydrogen) atoms. The summed E-state index contributed by atoms with van der Waals surface area (Å²) in [5.41, 5.74) is 1.59. The number of pyridine rings is 1. The lowest BCUT2D eigenvalue weighted by atomic mass is 9.86. The molecule has 3 nitrogen and oxygen atoms in total. The van der Waals surface area contributed by atoms with Crippen molar-refractivity contribution in [3.05, 3.63) is 58.9 Å². The summed E-state index contributed by atoms with van der Waals surface area (Å²) >= 11 is 0. The summed E-state index contributed by atoms with van der Waals surface area (Å²) in [4.78, 5) is 14.1. The van der Waals surface area contributed by atoms with Crippen LogP contribution in [-0.4, -0.2) is 18.4 Å². The number of ether oxygens (including phenoxy) is 1. The van der Waals surface area contributed by atoms with Gasteiger partial charge in [0.1, 0.15) is 11.4 Å². The van der Waals surface area contributed by atoms with Crippen molar-refractivity contribution in [3.63, 3.8) is 0 Å². The van der Waals surface area contributed by atoms with Gasteiger partial charge in [-0.25, -0.2) is 8.78 Å². The van der Waals surface area contributed by atoms with Gasteiger partial charge >= 0.3 is 0 Å². The number of benzene rings is 1. The first-order valence-electron chi connectivity index (χ1n) is 9.71. The van der Waals surface area contributed by atoms with Crippen molar-refractivity contribution in [2.75, 3.05) is 7.11 Å². The molecule has 5 heteroatoms. The van der Waals surface area contributed by atoms with Crippen LogP contribution in [0.15, 0.2) is 36.5 Å². The summed E-state index contributed by atoms with van der Waals surface area (Å²) in [6.07, 6.45) is 7.32. The molecule has 0 amide bonds. The summed E-state index contributed by atoms with van der Waals surface area (Å²) in [7, 11) is 1.74. The Kier molecular flexibility index (Phi) is 7.67. The highest BCUT2D eigenvalue weighted by molar-refractivity contribution is 5.74. The topological polar surface area (TPSA) is 39.2 Å². The van der Waals surface area contributed by atoms with Crippen molar-refractivity contribution in [1.29, 1.82) is 0 Å². The standard InChI is InChI=1S/C14H20O.C9H9F2NO/c1-11(12-6-3-4-7-12)13-8-5-9-14(10-13)15-2;1-6-7(9(2,10)11)3-4-12-8(6)5-13/h5,8-12H,3-4,6-7H2,1-2H3;3-5H,1-2H3. The van der Waals surface area contributed by atoms with Crippen molar-refractivity contribution in [1.82, 2.24) is 4.98 Å². The van der Waals surface area contributed by atoms with Gasteiger partial charge in [0, 0.05) is 18.7 Å². The normalized spacial score (nSPS) is 15.5. The minimum absolute atomic E-state index is 0.0685. The third kappa shape index (κ3) is 5.60. The SMILES string of the molecule is COc1cccc(C(C)C2CCCC2)c1.Cc1c(C(C)(F)F)ccnc1C=O. The highest BCUT2D eigenvalue weighted by atomic mass is 19.3. The molecule has 1 unspecified atom stereocenters. The van der Waals surface area contributed by atoms with Gasteiger partial charge in [0.15, 0.2) is 6.29 Å². The van der Waals surface area contributed by atoms with E-state index in [1.54, 1.807) is 7.11 Å². The monoisotopic (exact) mass is 389 g/mol. The van der Waals surface area contributed by atoms with Crippen LogP contribution in [0.2, 0.25) is 0 Å². The molecule has 0 saturated heterocycles. The predicted octanol–water partition coefficient (Wildman–Crippen LogP) is 6.30. The van der Waals surface area contributed by atoms with E-state index in [1.165, 1.54) is 50.4 Å². The Morgan fingerprint density at radius 3 is 2.50 bits per heavy atom. The molecule has 152 valence electrons. The summed E-state index contributed by atoms with van der Waals surface area (Å²) in [6.45, 7) is 4.61. The van der Waals surface area contributed by atoms with Gasteiger partial charge in [-0.15, -0.1) is 0 Å². The van der Waals surface area contributed by atoms with Crippen LogP contribution >= 0.6 is 0 Å². The van der Waals surface area contributed by atoms with Gasteiger partial charge in [-0.1, -0.05) is 31.9 Å². The molecular weight excluding hydrogens is 360 g/mol. The number of hydrogen-bond donors (Lipinski definition) is 0. The van der Waals surface area contributed by atoms with E-state index in [0.717, 1.165) is 18.6 Å². The fourth-order valence-electron chi connectivity index (χ4n) is 3.80. The van der Waals surface area contributed by atoms with E-state index in [0.29, 0.717) is 12.2 Å². The van der Waals surface area contributed by atoms with E-state index in [2.05, 4.69) is 30.1 Å². The zero-order valence-corrected chi connectivity index (χ0v) is 17.0. The van der Waals surface area contributed by atoms with Gasteiger partial charge in [-0.3, -0.25) is 9.78 Å². The minimum atomic E-state index is -2.93. The average molecular weight is 389 g/mol. The van der Waals surface area contributed by atoms with E-state index in [4.69, 9.17) is 4.74 Å². The number of nitrogens with zero attached hydrogens (tertiary/aromatic N) is 1. The third-order valence-corrected chi connectivity index (χ3v) is 5.55. The van der Waals surface area contributed by atoms with Crippen LogP contribution in [0.4, 0.5) is 8.78 Å². The third-order valence-electron chi connectivity index (χ3n) is 5.55. The van der Waals surface area contributed by atoms with Crippen LogP contribution in [0.1, 0.15) is 72.6 Å². The van der Waals surface area contributed by atoms with Gasteiger partial charge in [0.25, 0.3) is 5.92 Å². The zero-order chi connectivity index (χ0) is 20.7. The molecule has 1 aromatic heterocycles. The van der Waals surface area contributed by atoms with Gasteiger partial charge in [0.05, 0.1) is 7.11 Å². The number of methoxy groups -OCH3 is 1. The van der Waals surface area contributed by atoms with Gasteiger partial charge < -0.3 is 4.74 Å². The maximum absolute atomic E-state index is 12.9. The van der Waals surface area contributed by atoms with Crippen LogP contribution in [0.3, 0.4) is 0 Å². The first kappa shape index (κ1) is 22.0. The Balaban J connectivity index is 0.000000203. The van der Waals surface area contributed by atoms with Gasteiger partial charge in [0.2, 0.25) is 0 Å². The largest absolute Gasteiger partial charge is 0.497 e. The molecule has 1 aliphatic carbocycles. The highest BCUT2D eigenvalue weighted by Gasteiger charge is 2.27. The molecule has 1 fully saturated rings. The second-order valence-corrected chi connectivity index (χ2v) is 7.48. The van der Waals surface area contributed by atoms with Gasteiger partial charge in [-0.2, -0.15) is 0 Å². The first-order chi connectivity index (χ1) is 13.3. The number of hydrogen-bond acceptors (Lipinski definition) is 3. The Morgan fingerprint density at radius 1 is 1.25 bits per heavy atom. The molecule has 1 saturated carbocycles. The maximum atomic E-state index is 12.9.